The van der Waals surface area contributed by atoms with Crippen LogP contribution in [0.2, 0.25) is 5.02 Å². The molecule has 0 saturated heterocycles. The zero-order valence-corrected chi connectivity index (χ0v) is 14.3. The topological polar surface area (TPSA) is 12.0 Å². The van der Waals surface area contributed by atoms with Crippen LogP contribution in [0, 0.1) is 23.1 Å². The lowest BCUT2D eigenvalue weighted by atomic mass is 9.66. The molecule has 1 N–H and O–H groups in total. The lowest BCUT2D eigenvalue weighted by Crippen LogP contribution is -2.42. The van der Waals surface area contributed by atoms with Crippen LogP contribution in [0.25, 0.3) is 0 Å². The molecule has 0 bridgehead atoms. The van der Waals surface area contributed by atoms with Gasteiger partial charge in [-0.2, -0.15) is 0 Å². The van der Waals surface area contributed by atoms with E-state index in [-0.39, 0.29) is 10.8 Å². The van der Waals surface area contributed by atoms with E-state index in [1.807, 2.05) is 13.1 Å². The maximum absolute atomic E-state index is 13.3. The molecule has 118 valence electrons. The van der Waals surface area contributed by atoms with Crippen molar-refractivity contribution in [3.05, 3.63) is 34.6 Å². The standard InChI is InChI=1S/C18H27ClFN/c1-18(2,3)14-6-8-17(21-4)13(11-14)9-12-5-7-16(20)15(19)10-12/h5,7,10,13-14,17,21H,6,8-9,11H2,1-4H3. The van der Waals surface area contributed by atoms with Crippen LogP contribution in [0.15, 0.2) is 18.2 Å². The molecule has 0 spiro atoms. The minimum Gasteiger partial charge on any atom is -0.317 e. The normalized spacial score (nSPS) is 26.9. The van der Waals surface area contributed by atoms with Gasteiger partial charge in [-0.3, -0.25) is 0 Å². The van der Waals surface area contributed by atoms with Crippen molar-refractivity contribution in [3.63, 3.8) is 0 Å². The summed E-state index contributed by atoms with van der Waals surface area (Å²) in [6, 6.07) is 5.68. The van der Waals surface area contributed by atoms with Gasteiger partial charge in [-0.05, 0) is 67.7 Å². The minimum atomic E-state index is -0.332. The van der Waals surface area contributed by atoms with Gasteiger partial charge in [0, 0.05) is 6.04 Å². The van der Waals surface area contributed by atoms with Crippen molar-refractivity contribution in [1.29, 1.82) is 0 Å². The molecule has 3 heteroatoms. The Balaban J connectivity index is 2.12. The summed E-state index contributed by atoms with van der Waals surface area (Å²) in [5.41, 5.74) is 1.50. The van der Waals surface area contributed by atoms with Crippen LogP contribution in [0.4, 0.5) is 4.39 Å². The lowest BCUT2D eigenvalue weighted by Gasteiger charge is -2.42. The summed E-state index contributed by atoms with van der Waals surface area (Å²) in [4.78, 5) is 0. The minimum absolute atomic E-state index is 0.233. The molecule has 3 atom stereocenters. The van der Waals surface area contributed by atoms with Crippen LogP contribution < -0.4 is 5.32 Å². The number of hydrogen-bond acceptors (Lipinski definition) is 1. The summed E-state index contributed by atoms with van der Waals surface area (Å²) in [7, 11) is 2.05. The zero-order chi connectivity index (χ0) is 15.6. The SMILES string of the molecule is CNC1CCC(C(C)(C)C)CC1Cc1ccc(F)c(Cl)c1. The highest BCUT2D eigenvalue weighted by molar-refractivity contribution is 6.30. The molecule has 1 nitrogen and oxygen atoms in total. The second kappa shape index (κ2) is 6.66. The molecular formula is C18H27ClFN. The molecule has 0 radical (unpaired) electrons. The van der Waals surface area contributed by atoms with Crippen molar-refractivity contribution in [2.75, 3.05) is 7.05 Å². The van der Waals surface area contributed by atoms with Gasteiger partial charge in [0.15, 0.2) is 0 Å². The van der Waals surface area contributed by atoms with E-state index in [1.54, 1.807) is 6.07 Å². The Labute approximate surface area is 133 Å². The molecule has 1 saturated carbocycles. The van der Waals surface area contributed by atoms with Gasteiger partial charge in [0.1, 0.15) is 5.82 Å². The van der Waals surface area contributed by atoms with Crippen LogP contribution in [-0.2, 0) is 6.42 Å². The number of rotatable bonds is 3. The zero-order valence-electron chi connectivity index (χ0n) is 13.5. The van der Waals surface area contributed by atoms with Crippen molar-refractivity contribution >= 4 is 11.6 Å². The average Bonchev–Trinajstić information content (AvgIpc) is 2.42. The highest BCUT2D eigenvalue weighted by atomic mass is 35.5. The number of nitrogens with one attached hydrogen (secondary N) is 1. The Bertz CT molecular complexity index is 481. The fraction of sp³-hybridized carbons (Fsp3) is 0.667. The van der Waals surface area contributed by atoms with Crippen molar-refractivity contribution in [3.8, 4) is 0 Å². The molecule has 21 heavy (non-hydrogen) atoms. The van der Waals surface area contributed by atoms with Gasteiger partial charge >= 0.3 is 0 Å². The number of halogens is 2. The molecule has 1 fully saturated rings. The largest absolute Gasteiger partial charge is 0.317 e. The first-order valence-electron chi connectivity index (χ1n) is 7.92. The van der Waals surface area contributed by atoms with Crippen LogP contribution >= 0.6 is 11.6 Å². The Morgan fingerprint density at radius 3 is 2.57 bits per heavy atom. The van der Waals surface area contributed by atoms with Crippen LogP contribution in [0.1, 0.15) is 45.6 Å². The Kier molecular flexibility index (Phi) is 5.32. The first-order valence-corrected chi connectivity index (χ1v) is 8.30. The van der Waals surface area contributed by atoms with Crippen molar-refractivity contribution in [2.24, 2.45) is 17.3 Å². The van der Waals surface area contributed by atoms with Gasteiger partial charge in [-0.15, -0.1) is 0 Å². The van der Waals surface area contributed by atoms with Crippen LogP contribution in [-0.4, -0.2) is 13.1 Å². The predicted molar refractivity (Wildman–Crippen MR) is 88.2 cm³/mol. The maximum Gasteiger partial charge on any atom is 0.141 e. The summed E-state index contributed by atoms with van der Waals surface area (Å²) in [6.07, 6.45) is 4.70. The van der Waals surface area contributed by atoms with Gasteiger partial charge in [-0.1, -0.05) is 38.4 Å². The van der Waals surface area contributed by atoms with Crippen molar-refractivity contribution in [1.82, 2.24) is 5.32 Å². The smallest absolute Gasteiger partial charge is 0.141 e. The molecule has 2 rings (SSSR count). The van der Waals surface area contributed by atoms with Crippen LogP contribution in [0.5, 0.6) is 0 Å². The molecule has 0 amide bonds. The first-order chi connectivity index (χ1) is 9.81. The van der Waals surface area contributed by atoms with Gasteiger partial charge in [-0.25, -0.2) is 4.39 Å². The van der Waals surface area contributed by atoms with E-state index in [0.717, 1.165) is 17.9 Å². The first kappa shape index (κ1) is 16.8. The molecule has 0 aliphatic heterocycles. The number of hydrogen-bond donors (Lipinski definition) is 1. The molecule has 1 aliphatic carbocycles. The fourth-order valence-corrected chi connectivity index (χ4v) is 3.83. The van der Waals surface area contributed by atoms with E-state index in [0.29, 0.717) is 17.4 Å². The van der Waals surface area contributed by atoms with Crippen molar-refractivity contribution in [2.45, 2.75) is 52.5 Å². The van der Waals surface area contributed by atoms with Crippen molar-refractivity contribution < 1.29 is 4.39 Å². The van der Waals surface area contributed by atoms with E-state index >= 15 is 0 Å². The summed E-state index contributed by atoms with van der Waals surface area (Å²) in [5.74, 6) is 1.01. The molecule has 1 aromatic rings. The quantitative estimate of drug-likeness (QED) is 0.821. The molecule has 3 unspecified atom stereocenters. The average molecular weight is 312 g/mol. The summed E-state index contributed by atoms with van der Waals surface area (Å²) in [5, 5.41) is 3.70. The van der Waals surface area contributed by atoms with Gasteiger partial charge < -0.3 is 5.32 Å². The summed E-state index contributed by atoms with van der Waals surface area (Å²) < 4.78 is 13.3. The Morgan fingerprint density at radius 1 is 1.29 bits per heavy atom. The van der Waals surface area contributed by atoms with E-state index in [1.165, 1.54) is 25.3 Å². The molecule has 0 aromatic heterocycles. The third-order valence-corrected chi connectivity index (χ3v) is 5.35. The maximum atomic E-state index is 13.3. The van der Waals surface area contributed by atoms with Gasteiger partial charge in [0.25, 0.3) is 0 Å². The van der Waals surface area contributed by atoms with E-state index in [4.69, 9.17) is 11.6 Å². The van der Waals surface area contributed by atoms with Gasteiger partial charge in [0.05, 0.1) is 5.02 Å². The highest BCUT2D eigenvalue weighted by Crippen LogP contribution is 2.41. The third-order valence-electron chi connectivity index (χ3n) is 5.06. The Hall–Kier alpha value is -0.600. The summed E-state index contributed by atoms with van der Waals surface area (Å²) in [6.45, 7) is 7.01. The van der Waals surface area contributed by atoms with E-state index in [2.05, 4.69) is 26.1 Å². The molecule has 1 aliphatic rings. The number of benzene rings is 1. The monoisotopic (exact) mass is 311 g/mol. The second-order valence-corrected chi connectivity index (χ2v) is 7.89. The second-order valence-electron chi connectivity index (χ2n) is 7.48. The highest BCUT2D eigenvalue weighted by Gasteiger charge is 2.35. The lowest BCUT2D eigenvalue weighted by molar-refractivity contribution is 0.117. The third kappa shape index (κ3) is 4.20. The Morgan fingerprint density at radius 2 is 2.00 bits per heavy atom. The molecule has 1 aromatic carbocycles. The summed E-state index contributed by atoms with van der Waals surface area (Å²) >= 11 is 5.91. The molecule has 0 heterocycles. The molecular weight excluding hydrogens is 285 g/mol. The van der Waals surface area contributed by atoms with Gasteiger partial charge in [0.2, 0.25) is 0 Å². The predicted octanol–water partition coefficient (Wildman–Crippen LogP) is 5.07. The van der Waals surface area contributed by atoms with Crippen LogP contribution in [0.3, 0.4) is 0 Å². The van der Waals surface area contributed by atoms with E-state index < -0.39 is 0 Å². The fourth-order valence-electron chi connectivity index (χ4n) is 3.63. The van der Waals surface area contributed by atoms with E-state index in [9.17, 15) is 4.39 Å².